The first kappa shape index (κ1) is 23.5. The SMILES string of the molecule is CC(=O)OC[C@H]1O[C@@H](n2c(C(F)(F)F)nc3c2NC=NC3N)[C@H](OC(C)=O)[C@@H]1OC(C)=O. The molecule has 0 radical (unpaired) electrons. The van der Waals surface area contributed by atoms with Gasteiger partial charge < -0.3 is 30.0 Å². The molecule has 0 bridgehead atoms. The van der Waals surface area contributed by atoms with Crippen LogP contribution in [-0.4, -0.2) is 58.7 Å². The van der Waals surface area contributed by atoms with Gasteiger partial charge in [0.05, 0.1) is 6.34 Å². The normalized spacial score (nSPS) is 26.8. The number of carbonyl (C=O) groups excluding carboxylic acids is 3. The van der Waals surface area contributed by atoms with Crippen LogP contribution in [0.5, 0.6) is 0 Å². The van der Waals surface area contributed by atoms with Gasteiger partial charge in [-0.1, -0.05) is 0 Å². The van der Waals surface area contributed by atoms with Crippen LogP contribution in [0, 0.1) is 0 Å². The summed E-state index contributed by atoms with van der Waals surface area (Å²) in [4.78, 5) is 41.9. The third-order valence-electron chi connectivity index (χ3n) is 4.50. The van der Waals surface area contributed by atoms with Gasteiger partial charge in [0, 0.05) is 20.8 Å². The fourth-order valence-electron chi connectivity index (χ4n) is 3.40. The Kier molecular flexibility index (Phi) is 6.41. The average Bonchev–Trinajstić information content (AvgIpc) is 3.19. The van der Waals surface area contributed by atoms with Gasteiger partial charge in [-0.05, 0) is 0 Å². The van der Waals surface area contributed by atoms with Crippen LogP contribution in [0.4, 0.5) is 19.0 Å². The summed E-state index contributed by atoms with van der Waals surface area (Å²) >= 11 is 0. The predicted octanol–water partition coefficient (Wildman–Crippen LogP) is 0.637. The van der Waals surface area contributed by atoms with E-state index in [9.17, 15) is 27.6 Å². The summed E-state index contributed by atoms with van der Waals surface area (Å²) in [5.41, 5.74) is 5.53. The summed E-state index contributed by atoms with van der Waals surface area (Å²) in [7, 11) is 0. The highest BCUT2D eigenvalue weighted by Gasteiger charge is 2.54. The van der Waals surface area contributed by atoms with Crippen LogP contribution < -0.4 is 11.1 Å². The van der Waals surface area contributed by atoms with Gasteiger partial charge in [0.2, 0.25) is 5.82 Å². The Morgan fingerprint density at radius 2 is 1.78 bits per heavy atom. The maximum atomic E-state index is 13.9. The van der Waals surface area contributed by atoms with Gasteiger partial charge >= 0.3 is 24.1 Å². The molecular formula is C17H20F3N5O7. The fourth-order valence-corrected chi connectivity index (χ4v) is 3.40. The van der Waals surface area contributed by atoms with E-state index in [2.05, 4.69) is 15.3 Å². The highest BCUT2D eigenvalue weighted by molar-refractivity contribution is 5.78. The van der Waals surface area contributed by atoms with Gasteiger partial charge in [0.1, 0.15) is 30.4 Å². The molecule has 1 unspecified atom stereocenters. The summed E-state index contributed by atoms with van der Waals surface area (Å²) in [6.45, 7) is 2.71. The molecule has 0 saturated carbocycles. The lowest BCUT2D eigenvalue weighted by atomic mass is 10.1. The lowest BCUT2D eigenvalue weighted by molar-refractivity contribution is -0.168. The molecule has 3 N–H and O–H groups in total. The van der Waals surface area contributed by atoms with Crippen molar-refractivity contribution in [3.63, 3.8) is 0 Å². The molecule has 0 spiro atoms. The number of nitrogens with one attached hydrogen (secondary N) is 1. The first-order chi connectivity index (χ1) is 14.9. The van der Waals surface area contributed by atoms with E-state index in [1.807, 2.05) is 0 Å². The summed E-state index contributed by atoms with van der Waals surface area (Å²) in [6, 6.07) is 0. The molecule has 32 heavy (non-hydrogen) atoms. The first-order valence-electron chi connectivity index (χ1n) is 9.26. The third kappa shape index (κ3) is 4.67. The third-order valence-corrected chi connectivity index (χ3v) is 4.50. The fraction of sp³-hybridized carbons (Fsp3) is 0.588. The molecule has 1 aromatic rings. The monoisotopic (exact) mass is 463 g/mol. The van der Waals surface area contributed by atoms with Gasteiger partial charge in [-0.15, -0.1) is 0 Å². The lowest BCUT2D eigenvalue weighted by Gasteiger charge is -2.26. The van der Waals surface area contributed by atoms with E-state index in [4.69, 9.17) is 24.7 Å². The second-order valence-electron chi connectivity index (χ2n) is 6.92. The molecule has 12 nitrogen and oxygen atoms in total. The molecule has 0 amide bonds. The van der Waals surface area contributed by atoms with Crippen LogP contribution in [0.15, 0.2) is 4.99 Å². The number of halogens is 3. The number of aromatic nitrogens is 2. The zero-order valence-corrected chi connectivity index (χ0v) is 17.1. The van der Waals surface area contributed by atoms with E-state index in [-0.39, 0.29) is 11.5 Å². The number of fused-ring (bicyclic) bond motifs is 1. The minimum Gasteiger partial charge on any atom is -0.463 e. The Balaban J connectivity index is 2.12. The van der Waals surface area contributed by atoms with Gasteiger partial charge in [-0.2, -0.15) is 13.2 Å². The number of ether oxygens (including phenoxy) is 4. The number of nitrogens with zero attached hydrogens (tertiary/aromatic N) is 3. The van der Waals surface area contributed by atoms with E-state index in [0.29, 0.717) is 4.57 Å². The maximum Gasteiger partial charge on any atom is 0.449 e. The number of aliphatic imine (C=N–C) groups is 1. The maximum absolute atomic E-state index is 13.9. The Morgan fingerprint density at radius 3 is 2.34 bits per heavy atom. The zero-order chi connectivity index (χ0) is 23.8. The van der Waals surface area contributed by atoms with E-state index in [0.717, 1.165) is 27.1 Å². The smallest absolute Gasteiger partial charge is 0.449 e. The summed E-state index contributed by atoms with van der Waals surface area (Å²) in [5, 5.41) is 2.54. The van der Waals surface area contributed by atoms with Gasteiger partial charge in [0.15, 0.2) is 18.4 Å². The number of rotatable bonds is 5. The Morgan fingerprint density at radius 1 is 1.16 bits per heavy atom. The van der Waals surface area contributed by atoms with Crippen LogP contribution in [0.2, 0.25) is 0 Å². The van der Waals surface area contributed by atoms with Crippen molar-refractivity contribution < 1.29 is 46.5 Å². The van der Waals surface area contributed by atoms with E-state index >= 15 is 0 Å². The summed E-state index contributed by atoms with van der Waals surface area (Å²) in [5.74, 6) is -4.00. The summed E-state index contributed by atoms with van der Waals surface area (Å²) in [6.07, 6.45) is -10.9. The standard InChI is InChI=1S/C17H20F3N5O7/c1-6(26)29-4-9-11(30-7(2)27)12(31-8(3)28)15(32-9)25-14-10(13(21)22-5-23-14)24-16(25)17(18,19)20/h5,9,11-13,15H,4,21H2,1-3H3,(H,22,23)/t9-,11-,12-,13?,15-/m1/s1. The summed E-state index contributed by atoms with van der Waals surface area (Å²) < 4.78 is 63.1. The van der Waals surface area contributed by atoms with E-state index in [1.165, 1.54) is 0 Å². The molecule has 0 aliphatic carbocycles. The van der Waals surface area contributed by atoms with Crippen molar-refractivity contribution in [2.75, 3.05) is 11.9 Å². The van der Waals surface area contributed by atoms with Crippen molar-refractivity contribution in [3.8, 4) is 0 Å². The molecule has 3 heterocycles. The number of hydrogen-bond acceptors (Lipinski definition) is 11. The van der Waals surface area contributed by atoms with Crippen LogP contribution in [0.1, 0.15) is 44.7 Å². The number of carbonyl (C=O) groups is 3. The quantitative estimate of drug-likeness (QED) is 0.469. The van der Waals surface area contributed by atoms with Gasteiger partial charge in [-0.3, -0.25) is 23.9 Å². The molecule has 176 valence electrons. The van der Waals surface area contributed by atoms with Gasteiger partial charge in [-0.25, -0.2) is 4.98 Å². The minimum absolute atomic E-state index is 0.198. The van der Waals surface area contributed by atoms with E-state index < -0.39 is 67.2 Å². The number of esters is 3. The molecular weight excluding hydrogens is 443 g/mol. The molecule has 2 aliphatic heterocycles. The van der Waals surface area contributed by atoms with Crippen molar-refractivity contribution in [2.24, 2.45) is 10.7 Å². The molecule has 0 aromatic carbocycles. The number of anilines is 1. The number of hydrogen-bond donors (Lipinski definition) is 2. The zero-order valence-electron chi connectivity index (χ0n) is 17.1. The number of imidazole rings is 1. The molecule has 1 fully saturated rings. The highest BCUT2D eigenvalue weighted by atomic mass is 19.4. The van der Waals surface area contributed by atoms with Crippen molar-refractivity contribution in [1.82, 2.24) is 9.55 Å². The van der Waals surface area contributed by atoms with Gasteiger partial charge in [0.25, 0.3) is 0 Å². The lowest BCUT2D eigenvalue weighted by Crippen LogP contribution is -2.41. The first-order valence-corrected chi connectivity index (χ1v) is 9.26. The largest absolute Gasteiger partial charge is 0.463 e. The second-order valence-corrected chi connectivity index (χ2v) is 6.92. The molecule has 1 saturated heterocycles. The molecule has 3 rings (SSSR count). The Bertz CT molecular complexity index is 948. The average molecular weight is 463 g/mol. The predicted molar refractivity (Wildman–Crippen MR) is 97.9 cm³/mol. The Labute approximate surface area is 178 Å². The highest BCUT2D eigenvalue weighted by Crippen LogP contribution is 2.43. The van der Waals surface area contributed by atoms with Crippen molar-refractivity contribution >= 4 is 30.1 Å². The van der Waals surface area contributed by atoms with Crippen molar-refractivity contribution in [3.05, 3.63) is 11.5 Å². The molecule has 1 aromatic heterocycles. The van der Waals surface area contributed by atoms with Crippen LogP contribution in [0.25, 0.3) is 0 Å². The number of nitrogens with two attached hydrogens (primary N) is 1. The molecule has 2 aliphatic rings. The van der Waals surface area contributed by atoms with Crippen molar-refractivity contribution in [2.45, 2.75) is 57.7 Å². The second kappa shape index (κ2) is 8.74. The molecule has 5 atom stereocenters. The molecule has 15 heteroatoms. The van der Waals surface area contributed by atoms with Crippen molar-refractivity contribution in [1.29, 1.82) is 0 Å². The number of alkyl halides is 3. The van der Waals surface area contributed by atoms with Crippen LogP contribution >= 0.6 is 0 Å². The van der Waals surface area contributed by atoms with E-state index in [1.54, 1.807) is 0 Å². The Hall–Kier alpha value is -3.20. The van der Waals surface area contributed by atoms with Crippen LogP contribution in [0.3, 0.4) is 0 Å². The topological polar surface area (TPSA) is 156 Å². The van der Waals surface area contributed by atoms with Crippen LogP contribution in [-0.2, 0) is 39.5 Å². The minimum atomic E-state index is -4.96.